The van der Waals surface area contributed by atoms with Gasteiger partial charge in [-0.25, -0.2) is 16.8 Å². The van der Waals surface area contributed by atoms with Crippen LogP contribution in [-0.2, 0) is 20.0 Å². The summed E-state index contributed by atoms with van der Waals surface area (Å²) in [6.07, 6.45) is 1.43. The molecule has 10 heteroatoms. The van der Waals surface area contributed by atoms with E-state index in [4.69, 9.17) is 4.74 Å². The van der Waals surface area contributed by atoms with Gasteiger partial charge >= 0.3 is 0 Å². The minimum atomic E-state index is -3.60. The topological polar surface area (TPSA) is 105 Å². The highest BCUT2D eigenvalue weighted by atomic mass is 32.2. The van der Waals surface area contributed by atoms with Gasteiger partial charge < -0.3 is 4.74 Å². The number of ether oxygens (including phenoxy) is 1. The van der Waals surface area contributed by atoms with Crippen LogP contribution in [0, 0.1) is 0 Å². The summed E-state index contributed by atoms with van der Waals surface area (Å²) >= 11 is 0. The molecule has 0 amide bonds. The average molecular weight is 438 g/mol. The minimum absolute atomic E-state index is 0.0834. The fourth-order valence-electron chi connectivity index (χ4n) is 3.13. The van der Waals surface area contributed by atoms with Crippen molar-refractivity contribution in [2.75, 3.05) is 23.8 Å². The lowest BCUT2D eigenvalue weighted by Gasteiger charge is -2.23. The fraction of sp³-hybridized carbons (Fsp3) is 0.316. The molecule has 0 radical (unpaired) electrons. The van der Waals surface area contributed by atoms with Gasteiger partial charge in [0.15, 0.2) is 0 Å². The smallest absolute Gasteiger partial charge is 0.250 e. The molecule has 1 aliphatic rings. The Bertz CT molecular complexity index is 1140. The van der Waals surface area contributed by atoms with Crippen molar-refractivity contribution in [3.8, 4) is 5.75 Å². The molecule has 29 heavy (non-hydrogen) atoms. The van der Waals surface area contributed by atoms with Gasteiger partial charge in [-0.2, -0.15) is 9.52 Å². The zero-order chi connectivity index (χ0) is 21.2. The lowest BCUT2D eigenvalue weighted by molar-refractivity contribution is 0.369. The maximum absolute atomic E-state index is 12.7. The summed E-state index contributed by atoms with van der Waals surface area (Å²) in [5.41, 5.74) is 2.38. The third kappa shape index (κ3) is 4.88. The number of rotatable bonds is 7. The van der Waals surface area contributed by atoms with Gasteiger partial charge in [0.1, 0.15) is 5.75 Å². The summed E-state index contributed by atoms with van der Waals surface area (Å²) in [5, 5.41) is 4.40. The highest BCUT2D eigenvalue weighted by molar-refractivity contribution is 7.92. The van der Waals surface area contributed by atoms with E-state index in [9.17, 15) is 16.8 Å². The Hall–Kier alpha value is -2.59. The predicted octanol–water partition coefficient (Wildman–Crippen LogP) is 2.57. The zero-order valence-electron chi connectivity index (χ0n) is 16.4. The Morgan fingerprint density at radius 1 is 1.14 bits per heavy atom. The van der Waals surface area contributed by atoms with Gasteiger partial charge in [0, 0.05) is 12.1 Å². The van der Waals surface area contributed by atoms with E-state index in [1.165, 1.54) is 0 Å². The molecule has 0 aliphatic carbocycles. The molecule has 0 saturated carbocycles. The summed E-state index contributed by atoms with van der Waals surface area (Å²) < 4.78 is 57.2. The Morgan fingerprint density at radius 2 is 1.86 bits per heavy atom. The van der Waals surface area contributed by atoms with E-state index in [1.54, 1.807) is 56.5 Å². The quantitative estimate of drug-likeness (QED) is 0.717. The molecule has 0 aromatic heterocycles. The van der Waals surface area contributed by atoms with Crippen LogP contribution in [0.2, 0.25) is 0 Å². The second-order valence-corrected chi connectivity index (χ2v) is 10.5. The molecule has 1 aliphatic heterocycles. The Labute approximate surface area is 171 Å². The summed E-state index contributed by atoms with van der Waals surface area (Å²) in [5.74, 6) is 0.545. The van der Waals surface area contributed by atoms with Crippen LogP contribution in [0.5, 0.6) is 5.75 Å². The third-order valence-electron chi connectivity index (χ3n) is 4.50. The van der Waals surface area contributed by atoms with Crippen molar-refractivity contribution >= 4 is 31.4 Å². The van der Waals surface area contributed by atoms with Gasteiger partial charge in [-0.3, -0.25) is 4.72 Å². The molecule has 1 atom stereocenters. The fourth-order valence-corrected chi connectivity index (χ4v) is 4.75. The molecule has 0 unspecified atom stereocenters. The first kappa shape index (κ1) is 21.1. The second-order valence-electron chi connectivity index (χ2n) is 6.67. The maximum atomic E-state index is 12.7. The van der Waals surface area contributed by atoms with Gasteiger partial charge in [-0.1, -0.05) is 24.3 Å². The number of anilines is 1. The molecular formula is C19H23N3O5S2. The first-order valence-corrected chi connectivity index (χ1v) is 12.4. The van der Waals surface area contributed by atoms with Crippen molar-refractivity contribution in [1.29, 1.82) is 0 Å². The summed E-state index contributed by atoms with van der Waals surface area (Å²) in [6, 6.07) is 13.5. The molecule has 0 fully saturated rings. The normalized spacial score (nSPS) is 17.1. The van der Waals surface area contributed by atoms with Crippen molar-refractivity contribution in [3.05, 3.63) is 59.7 Å². The van der Waals surface area contributed by atoms with Crippen LogP contribution < -0.4 is 9.46 Å². The first-order valence-electron chi connectivity index (χ1n) is 8.94. The van der Waals surface area contributed by atoms with Crippen molar-refractivity contribution in [2.45, 2.75) is 19.4 Å². The van der Waals surface area contributed by atoms with Crippen molar-refractivity contribution in [3.63, 3.8) is 0 Å². The number of methoxy groups -OCH3 is 1. The highest BCUT2D eigenvalue weighted by Crippen LogP contribution is 2.36. The lowest BCUT2D eigenvalue weighted by atomic mass is 9.99. The average Bonchev–Trinajstić information content (AvgIpc) is 3.13. The number of nitrogens with zero attached hydrogens (tertiary/aromatic N) is 2. The monoisotopic (exact) mass is 437 g/mol. The van der Waals surface area contributed by atoms with Gasteiger partial charge in [-0.15, -0.1) is 0 Å². The first-order chi connectivity index (χ1) is 13.6. The van der Waals surface area contributed by atoms with Crippen LogP contribution in [0.3, 0.4) is 0 Å². The number of hydrogen-bond acceptors (Lipinski definition) is 6. The molecule has 1 heterocycles. The van der Waals surface area contributed by atoms with Crippen molar-refractivity contribution < 1.29 is 21.6 Å². The van der Waals surface area contributed by atoms with Gasteiger partial charge in [0.05, 0.1) is 30.9 Å². The van der Waals surface area contributed by atoms with E-state index in [0.717, 1.165) is 16.2 Å². The van der Waals surface area contributed by atoms with Gasteiger partial charge in [0.2, 0.25) is 20.0 Å². The van der Waals surface area contributed by atoms with Gasteiger partial charge in [0.25, 0.3) is 0 Å². The molecule has 2 aromatic rings. The predicted molar refractivity (Wildman–Crippen MR) is 113 cm³/mol. The molecular weight excluding hydrogens is 414 g/mol. The SMILES string of the molecule is CCS(=O)(=O)N1N=C(c2cccc(NS(C)(=O)=O)c2)C[C@H]1c1cccc(OC)c1. The molecule has 0 saturated heterocycles. The van der Waals surface area contributed by atoms with E-state index in [0.29, 0.717) is 29.1 Å². The van der Waals surface area contributed by atoms with Crippen LogP contribution in [0.4, 0.5) is 5.69 Å². The standard InChI is InChI=1S/C19H23N3O5S2/c1-4-29(25,26)22-19(15-8-6-10-17(12-15)27-2)13-18(20-22)14-7-5-9-16(11-14)21-28(3,23)24/h5-12,19,21H,4,13H2,1-3H3/t19-/m0/s1. The van der Waals surface area contributed by atoms with Crippen LogP contribution >= 0.6 is 0 Å². The Morgan fingerprint density at radius 3 is 2.52 bits per heavy atom. The summed E-state index contributed by atoms with van der Waals surface area (Å²) in [7, 11) is -5.48. The summed E-state index contributed by atoms with van der Waals surface area (Å²) in [6.45, 7) is 1.57. The van der Waals surface area contributed by atoms with E-state index >= 15 is 0 Å². The van der Waals surface area contributed by atoms with Crippen LogP contribution in [-0.4, -0.2) is 46.1 Å². The van der Waals surface area contributed by atoms with E-state index in [2.05, 4.69) is 9.82 Å². The van der Waals surface area contributed by atoms with Crippen molar-refractivity contribution in [1.82, 2.24) is 4.41 Å². The maximum Gasteiger partial charge on any atom is 0.250 e. The number of nitrogens with one attached hydrogen (secondary N) is 1. The molecule has 2 aromatic carbocycles. The van der Waals surface area contributed by atoms with E-state index in [-0.39, 0.29) is 5.75 Å². The number of hydrogen-bond donors (Lipinski definition) is 1. The van der Waals surface area contributed by atoms with E-state index < -0.39 is 26.1 Å². The Balaban J connectivity index is 2.01. The van der Waals surface area contributed by atoms with Gasteiger partial charge in [-0.05, 0) is 42.3 Å². The second kappa shape index (κ2) is 8.03. The number of benzene rings is 2. The number of hydrazone groups is 1. The van der Waals surface area contributed by atoms with Crippen LogP contribution in [0.15, 0.2) is 53.6 Å². The highest BCUT2D eigenvalue weighted by Gasteiger charge is 2.36. The van der Waals surface area contributed by atoms with Crippen molar-refractivity contribution in [2.24, 2.45) is 5.10 Å². The molecule has 8 nitrogen and oxygen atoms in total. The summed E-state index contributed by atoms with van der Waals surface area (Å²) in [4.78, 5) is 0. The molecule has 156 valence electrons. The zero-order valence-corrected chi connectivity index (χ0v) is 18.0. The molecule has 1 N–H and O–H groups in total. The van der Waals surface area contributed by atoms with Crippen LogP contribution in [0.25, 0.3) is 0 Å². The number of sulfonamides is 2. The molecule has 0 spiro atoms. The third-order valence-corrected chi connectivity index (χ3v) is 6.74. The largest absolute Gasteiger partial charge is 0.497 e. The minimum Gasteiger partial charge on any atom is -0.497 e. The lowest BCUT2D eigenvalue weighted by Crippen LogP contribution is -2.28. The van der Waals surface area contributed by atoms with Crippen LogP contribution in [0.1, 0.15) is 30.5 Å². The Kier molecular flexibility index (Phi) is 5.85. The molecule has 3 rings (SSSR count). The molecule has 0 bridgehead atoms. The van der Waals surface area contributed by atoms with E-state index in [1.807, 2.05) is 6.07 Å².